The third-order valence-electron chi connectivity index (χ3n) is 2.91. The molecule has 3 N–H and O–H groups in total. The molecule has 0 spiro atoms. The minimum absolute atomic E-state index is 0.0260. The Labute approximate surface area is 111 Å². The molecule has 98 valence electrons. The van der Waals surface area contributed by atoms with Crippen molar-refractivity contribution in [3.8, 4) is 0 Å². The Kier molecular flexibility index (Phi) is 3.51. The topological polar surface area (TPSA) is 55.1 Å². The number of aryl methyl sites for hydroxylation is 2. The molecule has 4 heteroatoms. The van der Waals surface area contributed by atoms with Crippen LogP contribution in [0.25, 0.3) is 0 Å². The van der Waals surface area contributed by atoms with E-state index in [1.165, 1.54) is 12.1 Å². The first-order valence-electron chi connectivity index (χ1n) is 5.91. The summed E-state index contributed by atoms with van der Waals surface area (Å²) in [6.07, 6.45) is 0. The van der Waals surface area contributed by atoms with E-state index in [1.807, 2.05) is 13.8 Å². The molecular weight excluding hydrogens is 243 g/mol. The quantitative estimate of drug-likeness (QED) is 0.812. The van der Waals surface area contributed by atoms with Crippen LogP contribution in [0, 0.1) is 19.7 Å². The maximum atomic E-state index is 13.5. The van der Waals surface area contributed by atoms with Gasteiger partial charge in [-0.2, -0.15) is 0 Å². The lowest BCUT2D eigenvalue weighted by atomic mass is 10.1. The molecule has 0 aliphatic carbocycles. The van der Waals surface area contributed by atoms with Gasteiger partial charge in [-0.1, -0.05) is 12.1 Å². The van der Waals surface area contributed by atoms with E-state index in [0.717, 1.165) is 11.1 Å². The summed E-state index contributed by atoms with van der Waals surface area (Å²) in [6.45, 7) is 3.70. The fraction of sp³-hybridized carbons (Fsp3) is 0.133. The van der Waals surface area contributed by atoms with Crippen molar-refractivity contribution in [3.05, 3.63) is 58.9 Å². The van der Waals surface area contributed by atoms with Gasteiger partial charge in [0.15, 0.2) is 0 Å². The maximum absolute atomic E-state index is 13.5. The molecule has 3 nitrogen and oxygen atoms in total. The highest BCUT2D eigenvalue weighted by molar-refractivity contribution is 6.05. The van der Waals surface area contributed by atoms with Crippen molar-refractivity contribution in [1.29, 1.82) is 0 Å². The van der Waals surface area contributed by atoms with Gasteiger partial charge in [-0.05, 0) is 49.2 Å². The molecule has 0 atom stereocenters. The van der Waals surface area contributed by atoms with E-state index < -0.39 is 11.7 Å². The second kappa shape index (κ2) is 5.10. The van der Waals surface area contributed by atoms with Crippen LogP contribution in [-0.4, -0.2) is 5.91 Å². The lowest BCUT2D eigenvalue weighted by Gasteiger charge is -2.13. The van der Waals surface area contributed by atoms with E-state index in [2.05, 4.69) is 5.32 Å². The Morgan fingerprint density at radius 2 is 1.74 bits per heavy atom. The molecular formula is C15H15FN2O. The number of rotatable bonds is 2. The molecule has 0 heterocycles. The molecule has 0 aliphatic heterocycles. The number of hydrogen-bond donors (Lipinski definition) is 2. The molecule has 0 radical (unpaired) electrons. The number of benzene rings is 2. The number of halogens is 1. The minimum Gasteiger partial charge on any atom is -0.399 e. The van der Waals surface area contributed by atoms with Gasteiger partial charge in [0.2, 0.25) is 0 Å². The standard InChI is InChI=1S/C15H15FN2O/c1-9-7-11(17)8-10(2)14(9)18-15(19)12-5-3-4-6-13(12)16/h3-8H,17H2,1-2H3,(H,18,19). The summed E-state index contributed by atoms with van der Waals surface area (Å²) in [5.74, 6) is -1.00. The van der Waals surface area contributed by atoms with Crippen molar-refractivity contribution in [2.24, 2.45) is 0 Å². The van der Waals surface area contributed by atoms with Crippen LogP contribution in [0.2, 0.25) is 0 Å². The highest BCUT2D eigenvalue weighted by Gasteiger charge is 2.13. The van der Waals surface area contributed by atoms with Crippen molar-refractivity contribution < 1.29 is 9.18 Å². The average molecular weight is 258 g/mol. The molecule has 2 aromatic rings. The third-order valence-corrected chi connectivity index (χ3v) is 2.91. The molecule has 1 amide bonds. The number of amides is 1. The van der Waals surface area contributed by atoms with Gasteiger partial charge in [0.25, 0.3) is 5.91 Å². The second-order valence-corrected chi connectivity index (χ2v) is 4.46. The Morgan fingerprint density at radius 3 is 2.32 bits per heavy atom. The Hall–Kier alpha value is -2.36. The van der Waals surface area contributed by atoms with Crippen LogP contribution in [0.15, 0.2) is 36.4 Å². The van der Waals surface area contributed by atoms with E-state index in [1.54, 1.807) is 24.3 Å². The summed E-state index contributed by atoms with van der Waals surface area (Å²) in [6, 6.07) is 9.42. The van der Waals surface area contributed by atoms with Gasteiger partial charge in [-0.15, -0.1) is 0 Å². The van der Waals surface area contributed by atoms with Crippen molar-refractivity contribution in [2.75, 3.05) is 11.1 Å². The van der Waals surface area contributed by atoms with Gasteiger partial charge in [0.05, 0.1) is 5.56 Å². The zero-order valence-electron chi connectivity index (χ0n) is 10.8. The lowest BCUT2D eigenvalue weighted by Crippen LogP contribution is -2.15. The Morgan fingerprint density at radius 1 is 1.16 bits per heavy atom. The van der Waals surface area contributed by atoms with Crippen LogP contribution >= 0.6 is 0 Å². The van der Waals surface area contributed by atoms with E-state index >= 15 is 0 Å². The van der Waals surface area contributed by atoms with Gasteiger partial charge in [0.1, 0.15) is 5.82 Å². The first kappa shape index (κ1) is 13.1. The largest absolute Gasteiger partial charge is 0.399 e. The molecule has 2 rings (SSSR count). The molecule has 0 aliphatic rings. The number of hydrogen-bond acceptors (Lipinski definition) is 2. The van der Waals surface area contributed by atoms with Crippen molar-refractivity contribution >= 4 is 17.3 Å². The number of anilines is 2. The highest BCUT2D eigenvalue weighted by Crippen LogP contribution is 2.24. The fourth-order valence-corrected chi connectivity index (χ4v) is 2.02. The first-order valence-corrected chi connectivity index (χ1v) is 5.91. The van der Waals surface area contributed by atoms with Crippen LogP contribution in [0.1, 0.15) is 21.5 Å². The molecule has 0 fully saturated rings. The Balaban J connectivity index is 2.32. The monoisotopic (exact) mass is 258 g/mol. The summed E-state index contributed by atoms with van der Waals surface area (Å²) < 4.78 is 13.5. The third kappa shape index (κ3) is 2.73. The van der Waals surface area contributed by atoms with Gasteiger partial charge >= 0.3 is 0 Å². The molecule has 0 saturated heterocycles. The minimum atomic E-state index is -0.536. The van der Waals surface area contributed by atoms with Crippen LogP contribution in [0.5, 0.6) is 0 Å². The van der Waals surface area contributed by atoms with Crippen LogP contribution in [-0.2, 0) is 0 Å². The van der Waals surface area contributed by atoms with Gasteiger partial charge in [0, 0.05) is 11.4 Å². The molecule has 0 bridgehead atoms. The number of carbonyl (C=O) groups is 1. The SMILES string of the molecule is Cc1cc(N)cc(C)c1NC(=O)c1ccccc1F. The summed E-state index contributed by atoms with van der Waals surface area (Å²) in [4.78, 5) is 12.0. The molecule has 2 aromatic carbocycles. The fourth-order valence-electron chi connectivity index (χ4n) is 2.02. The molecule has 0 saturated carbocycles. The summed E-state index contributed by atoms with van der Waals surface area (Å²) in [7, 11) is 0. The predicted octanol–water partition coefficient (Wildman–Crippen LogP) is 3.28. The normalized spacial score (nSPS) is 10.3. The zero-order valence-corrected chi connectivity index (χ0v) is 10.8. The first-order chi connectivity index (χ1) is 8.99. The summed E-state index contributed by atoms with van der Waals surface area (Å²) in [5.41, 5.74) is 8.75. The average Bonchev–Trinajstić information content (AvgIpc) is 2.34. The number of nitrogens with two attached hydrogens (primary N) is 1. The number of nitrogens with one attached hydrogen (secondary N) is 1. The van der Waals surface area contributed by atoms with Crippen LogP contribution < -0.4 is 11.1 Å². The zero-order chi connectivity index (χ0) is 14.0. The van der Waals surface area contributed by atoms with Crippen molar-refractivity contribution in [1.82, 2.24) is 0 Å². The molecule has 0 unspecified atom stereocenters. The second-order valence-electron chi connectivity index (χ2n) is 4.46. The van der Waals surface area contributed by atoms with Crippen molar-refractivity contribution in [3.63, 3.8) is 0 Å². The smallest absolute Gasteiger partial charge is 0.258 e. The summed E-state index contributed by atoms with van der Waals surface area (Å²) in [5, 5.41) is 2.73. The van der Waals surface area contributed by atoms with E-state index in [4.69, 9.17) is 5.73 Å². The van der Waals surface area contributed by atoms with E-state index in [0.29, 0.717) is 11.4 Å². The predicted molar refractivity (Wildman–Crippen MR) is 74.7 cm³/mol. The Bertz CT molecular complexity index is 615. The van der Waals surface area contributed by atoms with Gasteiger partial charge in [-0.25, -0.2) is 4.39 Å². The molecule has 19 heavy (non-hydrogen) atoms. The number of carbonyl (C=O) groups excluding carboxylic acids is 1. The lowest BCUT2D eigenvalue weighted by molar-refractivity contribution is 0.102. The summed E-state index contributed by atoms with van der Waals surface area (Å²) >= 11 is 0. The van der Waals surface area contributed by atoms with Gasteiger partial charge < -0.3 is 11.1 Å². The van der Waals surface area contributed by atoms with E-state index in [9.17, 15) is 9.18 Å². The maximum Gasteiger partial charge on any atom is 0.258 e. The van der Waals surface area contributed by atoms with Crippen LogP contribution in [0.3, 0.4) is 0 Å². The van der Waals surface area contributed by atoms with E-state index in [-0.39, 0.29) is 5.56 Å². The molecule has 0 aromatic heterocycles. The van der Waals surface area contributed by atoms with Crippen molar-refractivity contribution in [2.45, 2.75) is 13.8 Å². The number of nitrogen functional groups attached to an aromatic ring is 1. The highest BCUT2D eigenvalue weighted by atomic mass is 19.1. The van der Waals surface area contributed by atoms with Crippen LogP contribution in [0.4, 0.5) is 15.8 Å². The van der Waals surface area contributed by atoms with Gasteiger partial charge in [-0.3, -0.25) is 4.79 Å².